The largest absolute Gasteiger partial charge is 0.376 e. The Labute approximate surface area is 136 Å². The van der Waals surface area contributed by atoms with E-state index in [2.05, 4.69) is 19.6 Å². The fourth-order valence-corrected chi connectivity index (χ4v) is 3.73. The van der Waals surface area contributed by atoms with E-state index < -0.39 is 10.0 Å². The van der Waals surface area contributed by atoms with Gasteiger partial charge in [0, 0.05) is 51.6 Å². The molecule has 0 saturated carbocycles. The molecule has 2 aliphatic heterocycles. The second-order valence-corrected chi connectivity index (χ2v) is 8.28. The number of nitrogens with one attached hydrogen (secondary N) is 1. The fraction of sp³-hybridized carbons (Fsp3) is 0.714. The van der Waals surface area contributed by atoms with Gasteiger partial charge in [-0.15, -0.1) is 0 Å². The van der Waals surface area contributed by atoms with Crippen LogP contribution < -0.4 is 14.5 Å². The normalized spacial score (nSPS) is 27.3. The highest BCUT2D eigenvalue weighted by Crippen LogP contribution is 2.35. The van der Waals surface area contributed by atoms with Crippen LogP contribution in [0.3, 0.4) is 0 Å². The minimum Gasteiger partial charge on any atom is -0.376 e. The van der Waals surface area contributed by atoms with Gasteiger partial charge in [0.1, 0.15) is 18.0 Å². The number of fused-ring (bicyclic) bond motifs is 1. The first-order chi connectivity index (χ1) is 10.8. The van der Waals surface area contributed by atoms with Crippen molar-refractivity contribution in [3.05, 3.63) is 12.4 Å². The lowest BCUT2D eigenvalue weighted by molar-refractivity contribution is 0.111. The van der Waals surface area contributed by atoms with Crippen molar-refractivity contribution in [1.29, 1.82) is 0 Å². The summed E-state index contributed by atoms with van der Waals surface area (Å²) in [5.74, 6) is 2.27. The molecule has 0 radical (unpaired) electrons. The Hall–Kier alpha value is -1.45. The maximum absolute atomic E-state index is 11.3. The van der Waals surface area contributed by atoms with Crippen LogP contribution in [0.5, 0.6) is 0 Å². The number of rotatable bonds is 5. The molecule has 3 rings (SSSR count). The predicted molar refractivity (Wildman–Crippen MR) is 88.1 cm³/mol. The number of ether oxygens (including phenoxy) is 1. The quantitative estimate of drug-likeness (QED) is 0.775. The van der Waals surface area contributed by atoms with Crippen LogP contribution in [0.1, 0.15) is 0 Å². The number of anilines is 2. The third-order valence-corrected chi connectivity index (χ3v) is 5.16. The van der Waals surface area contributed by atoms with Gasteiger partial charge in [-0.3, -0.25) is 0 Å². The molecule has 1 aromatic heterocycles. The second-order valence-electron chi connectivity index (χ2n) is 6.45. The third-order valence-electron chi connectivity index (χ3n) is 4.47. The maximum Gasteiger partial charge on any atom is 0.208 e. The van der Waals surface area contributed by atoms with Gasteiger partial charge in [0.05, 0.1) is 19.0 Å². The van der Waals surface area contributed by atoms with Crippen molar-refractivity contribution in [2.24, 2.45) is 11.8 Å². The lowest BCUT2D eigenvalue weighted by Gasteiger charge is -2.21. The van der Waals surface area contributed by atoms with E-state index in [0.29, 0.717) is 19.1 Å². The molecule has 0 bridgehead atoms. The Balaban J connectivity index is 1.67. The van der Waals surface area contributed by atoms with Crippen LogP contribution in [-0.4, -0.2) is 71.1 Å². The SMILES string of the molecule is CN(C)c1cc(N2C[C@H]3[C@@H](CNS(C)(=O)=O)CO[C@H]3C2)ncn1. The molecule has 3 atom stereocenters. The number of hydrogen-bond donors (Lipinski definition) is 1. The van der Waals surface area contributed by atoms with Crippen LogP contribution >= 0.6 is 0 Å². The first-order valence-corrected chi connectivity index (χ1v) is 9.53. The van der Waals surface area contributed by atoms with Gasteiger partial charge in [-0.05, 0) is 0 Å². The van der Waals surface area contributed by atoms with E-state index in [9.17, 15) is 8.42 Å². The molecule has 128 valence electrons. The molecular weight excluding hydrogens is 318 g/mol. The Morgan fingerprint density at radius 1 is 1.39 bits per heavy atom. The standard InChI is InChI=1S/C14H23N5O3S/c1-18(2)13-4-14(16-9-15-13)19-6-11-10(5-17-23(3,20)21)8-22-12(11)7-19/h4,9-12,17H,5-8H2,1-3H3/t10-,11-,12-/m0/s1. The van der Waals surface area contributed by atoms with Gasteiger partial charge in [0.2, 0.25) is 10.0 Å². The Kier molecular flexibility index (Phi) is 4.43. The van der Waals surface area contributed by atoms with Crippen molar-refractivity contribution in [2.45, 2.75) is 6.10 Å². The van der Waals surface area contributed by atoms with Crippen LogP contribution in [0.4, 0.5) is 11.6 Å². The molecule has 8 nitrogen and oxygen atoms in total. The summed E-state index contributed by atoms with van der Waals surface area (Å²) < 4.78 is 31.0. The summed E-state index contributed by atoms with van der Waals surface area (Å²) in [6.45, 7) is 2.65. The van der Waals surface area contributed by atoms with Crippen molar-refractivity contribution in [3.63, 3.8) is 0 Å². The van der Waals surface area contributed by atoms with Crippen molar-refractivity contribution < 1.29 is 13.2 Å². The molecular formula is C14H23N5O3S. The average molecular weight is 341 g/mol. The van der Waals surface area contributed by atoms with Gasteiger partial charge in [-0.1, -0.05) is 0 Å². The highest BCUT2D eigenvalue weighted by molar-refractivity contribution is 7.88. The average Bonchev–Trinajstić information content (AvgIpc) is 3.05. The first kappa shape index (κ1) is 16.4. The van der Waals surface area contributed by atoms with Crippen LogP contribution in [0, 0.1) is 11.8 Å². The third kappa shape index (κ3) is 3.73. The summed E-state index contributed by atoms with van der Waals surface area (Å²) in [6.07, 6.45) is 2.90. The minimum atomic E-state index is -3.17. The van der Waals surface area contributed by atoms with Gasteiger partial charge in [0.15, 0.2) is 0 Å². The first-order valence-electron chi connectivity index (χ1n) is 7.64. The zero-order chi connectivity index (χ0) is 16.6. The highest BCUT2D eigenvalue weighted by atomic mass is 32.2. The smallest absolute Gasteiger partial charge is 0.208 e. The zero-order valence-electron chi connectivity index (χ0n) is 13.6. The number of sulfonamides is 1. The minimum absolute atomic E-state index is 0.138. The number of aromatic nitrogens is 2. The van der Waals surface area contributed by atoms with Crippen LogP contribution in [-0.2, 0) is 14.8 Å². The summed E-state index contributed by atoms with van der Waals surface area (Å²) in [5, 5.41) is 0. The molecule has 3 heterocycles. The monoisotopic (exact) mass is 341 g/mol. The maximum atomic E-state index is 11.3. The van der Waals surface area contributed by atoms with Gasteiger partial charge in [-0.2, -0.15) is 0 Å². The molecule has 0 aromatic carbocycles. The van der Waals surface area contributed by atoms with Crippen LogP contribution in [0.15, 0.2) is 12.4 Å². The summed E-state index contributed by atoms with van der Waals surface area (Å²) in [5.41, 5.74) is 0. The molecule has 0 unspecified atom stereocenters. The zero-order valence-corrected chi connectivity index (χ0v) is 14.5. The van der Waals surface area contributed by atoms with E-state index >= 15 is 0 Å². The number of nitrogens with zero attached hydrogens (tertiary/aromatic N) is 4. The fourth-order valence-electron chi connectivity index (χ4n) is 3.21. The van der Waals surface area contributed by atoms with E-state index in [4.69, 9.17) is 4.74 Å². The molecule has 2 fully saturated rings. The summed E-state index contributed by atoms with van der Waals surface area (Å²) in [4.78, 5) is 12.7. The van der Waals surface area contributed by atoms with Gasteiger partial charge < -0.3 is 14.5 Å². The lowest BCUT2D eigenvalue weighted by Crippen LogP contribution is -2.33. The van der Waals surface area contributed by atoms with Crippen molar-refractivity contribution in [3.8, 4) is 0 Å². The molecule has 1 aromatic rings. The summed E-state index contributed by atoms with van der Waals surface area (Å²) >= 11 is 0. The molecule has 23 heavy (non-hydrogen) atoms. The van der Waals surface area contributed by atoms with E-state index in [1.54, 1.807) is 6.33 Å². The highest BCUT2D eigenvalue weighted by Gasteiger charge is 2.44. The molecule has 9 heteroatoms. The Morgan fingerprint density at radius 2 is 2.17 bits per heavy atom. The lowest BCUT2D eigenvalue weighted by atomic mass is 9.93. The Morgan fingerprint density at radius 3 is 2.87 bits per heavy atom. The number of hydrogen-bond acceptors (Lipinski definition) is 7. The molecule has 0 aliphatic carbocycles. The molecule has 2 aliphatic rings. The topological polar surface area (TPSA) is 87.7 Å². The van der Waals surface area contributed by atoms with E-state index in [1.165, 1.54) is 6.26 Å². The van der Waals surface area contributed by atoms with Gasteiger partial charge in [-0.25, -0.2) is 23.1 Å². The van der Waals surface area contributed by atoms with Crippen molar-refractivity contribution >= 4 is 21.7 Å². The molecule has 0 amide bonds. The van der Waals surface area contributed by atoms with Crippen molar-refractivity contribution in [2.75, 3.05) is 56.4 Å². The van der Waals surface area contributed by atoms with Crippen molar-refractivity contribution in [1.82, 2.24) is 14.7 Å². The summed E-state index contributed by atoms with van der Waals surface area (Å²) in [6, 6.07) is 1.96. The molecule has 0 spiro atoms. The van der Waals surface area contributed by atoms with E-state index in [0.717, 1.165) is 24.7 Å². The summed E-state index contributed by atoms with van der Waals surface area (Å²) in [7, 11) is 0.724. The van der Waals surface area contributed by atoms with Crippen LogP contribution in [0.2, 0.25) is 0 Å². The van der Waals surface area contributed by atoms with E-state index in [-0.39, 0.29) is 12.0 Å². The second kappa shape index (κ2) is 6.21. The molecule has 1 N–H and O–H groups in total. The Bertz CT molecular complexity index is 666. The van der Waals surface area contributed by atoms with Gasteiger partial charge in [0.25, 0.3) is 0 Å². The molecule has 2 saturated heterocycles. The van der Waals surface area contributed by atoms with Gasteiger partial charge >= 0.3 is 0 Å². The van der Waals surface area contributed by atoms with Crippen LogP contribution in [0.25, 0.3) is 0 Å². The predicted octanol–water partition coefficient (Wildman–Crippen LogP) is -0.457. The van der Waals surface area contributed by atoms with E-state index in [1.807, 2.05) is 25.1 Å².